The van der Waals surface area contributed by atoms with Gasteiger partial charge in [0.2, 0.25) is 17.7 Å². The molecular formula is C33H55N3O10. The van der Waals surface area contributed by atoms with Gasteiger partial charge in [0.25, 0.3) is 0 Å². The molecule has 4 N–H and O–H groups in total. The van der Waals surface area contributed by atoms with Crippen molar-refractivity contribution in [1.82, 2.24) is 16.0 Å². The Hall–Kier alpha value is -3.26. The number of hydrogen-bond acceptors (Lipinski definition) is 9. The number of aromatic carboxylic acids is 1. The minimum absolute atomic E-state index is 0.0180. The van der Waals surface area contributed by atoms with E-state index in [1.165, 1.54) is 12.1 Å². The quantitative estimate of drug-likeness (QED) is 0.0874. The molecule has 0 saturated carbocycles. The highest BCUT2D eigenvalue weighted by molar-refractivity contribution is 5.87. The Kier molecular flexibility index (Phi) is 25.8. The Morgan fingerprint density at radius 3 is 1.72 bits per heavy atom. The summed E-state index contributed by atoms with van der Waals surface area (Å²) in [6.07, 6.45) is 8.60. The molecule has 1 aromatic carbocycles. The first-order valence-corrected chi connectivity index (χ1v) is 16.5. The summed E-state index contributed by atoms with van der Waals surface area (Å²) in [5.74, 6) is -0.557. The fourth-order valence-electron chi connectivity index (χ4n) is 4.13. The van der Waals surface area contributed by atoms with Crippen molar-refractivity contribution < 1.29 is 48.0 Å². The van der Waals surface area contributed by atoms with Crippen molar-refractivity contribution >= 4 is 23.7 Å². The van der Waals surface area contributed by atoms with E-state index in [4.69, 9.17) is 28.8 Å². The van der Waals surface area contributed by atoms with Gasteiger partial charge in [-0.2, -0.15) is 0 Å². The number of ether oxygens (including phenoxy) is 5. The van der Waals surface area contributed by atoms with Crippen LogP contribution in [0.4, 0.5) is 0 Å². The monoisotopic (exact) mass is 653 g/mol. The van der Waals surface area contributed by atoms with E-state index >= 15 is 0 Å². The average Bonchev–Trinajstić information content (AvgIpc) is 3.05. The van der Waals surface area contributed by atoms with Crippen LogP contribution >= 0.6 is 0 Å². The zero-order valence-corrected chi connectivity index (χ0v) is 27.5. The number of carbonyl (C=O) groups is 4. The molecule has 0 atom stereocenters. The Morgan fingerprint density at radius 1 is 0.565 bits per heavy atom. The molecule has 0 saturated heterocycles. The van der Waals surface area contributed by atoms with Crippen molar-refractivity contribution in [3.63, 3.8) is 0 Å². The topological polar surface area (TPSA) is 171 Å². The van der Waals surface area contributed by atoms with Gasteiger partial charge < -0.3 is 44.7 Å². The van der Waals surface area contributed by atoms with Crippen LogP contribution in [0.2, 0.25) is 0 Å². The maximum Gasteiger partial charge on any atom is 0.335 e. The van der Waals surface area contributed by atoms with Crippen LogP contribution in [-0.4, -0.2) is 108 Å². The third-order valence-electron chi connectivity index (χ3n) is 6.64. The Labute approximate surface area is 273 Å². The van der Waals surface area contributed by atoms with E-state index in [1.807, 2.05) is 6.92 Å². The van der Waals surface area contributed by atoms with Gasteiger partial charge in [-0.1, -0.05) is 32.1 Å². The van der Waals surface area contributed by atoms with E-state index in [-0.39, 0.29) is 36.5 Å². The summed E-state index contributed by atoms with van der Waals surface area (Å²) in [6.45, 7) is 6.80. The Morgan fingerprint density at radius 2 is 1.09 bits per heavy atom. The lowest BCUT2D eigenvalue weighted by Gasteiger charge is -2.09. The second kappa shape index (κ2) is 29.2. The molecule has 0 bridgehead atoms. The van der Waals surface area contributed by atoms with Crippen molar-refractivity contribution in [2.45, 2.75) is 71.1 Å². The van der Waals surface area contributed by atoms with Gasteiger partial charge in [0.1, 0.15) is 12.4 Å². The molecule has 0 fully saturated rings. The minimum Gasteiger partial charge on any atom is -0.494 e. The molecule has 0 aliphatic heterocycles. The third-order valence-corrected chi connectivity index (χ3v) is 6.64. The minimum atomic E-state index is -0.947. The zero-order chi connectivity index (χ0) is 33.5. The molecule has 13 heteroatoms. The van der Waals surface area contributed by atoms with Crippen molar-refractivity contribution in [2.75, 3.05) is 79.1 Å². The summed E-state index contributed by atoms with van der Waals surface area (Å²) in [6, 6.07) is 6.42. The normalized spacial score (nSPS) is 10.8. The lowest BCUT2D eigenvalue weighted by Crippen LogP contribution is -2.31. The van der Waals surface area contributed by atoms with Gasteiger partial charge in [-0.15, -0.1) is 0 Å². The van der Waals surface area contributed by atoms with E-state index in [1.54, 1.807) is 12.1 Å². The van der Waals surface area contributed by atoms with Crippen molar-refractivity contribution in [2.24, 2.45) is 0 Å². The average molecular weight is 654 g/mol. The molecule has 0 aliphatic rings. The highest BCUT2D eigenvalue weighted by Gasteiger charge is 2.05. The number of rotatable bonds is 31. The second-order valence-corrected chi connectivity index (χ2v) is 10.5. The summed E-state index contributed by atoms with van der Waals surface area (Å²) < 4.78 is 26.8. The molecule has 0 heterocycles. The molecule has 0 radical (unpaired) electrons. The molecule has 262 valence electrons. The molecule has 0 spiro atoms. The molecule has 0 unspecified atom stereocenters. The standard InChI is InChI=1S/C33H55N3O10/c1-2-42-23-24-43-22-19-36-32(39)27-45-26-25-44-21-18-35-31(38)12-10-17-34-30(37)11-8-6-4-3-5-7-9-20-46-29-15-13-28(14-16-29)33(40)41/h13-16H,2-12,17-27H2,1H3,(H,34,37)(H,35,38)(H,36,39)(H,40,41). The fraction of sp³-hybridized carbons (Fsp3) is 0.697. The van der Waals surface area contributed by atoms with Gasteiger partial charge in [-0.05, 0) is 50.5 Å². The van der Waals surface area contributed by atoms with E-state index in [2.05, 4.69) is 16.0 Å². The van der Waals surface area contributed by atoms with Crippen LogP contribution in [-0.2, 0) is 33.3 Å². The van der Waals surface area contributed by atoms with Crippen LogP contribution in [0.25, 0.3) is 0 Å². The summed E-state index contributed by atoms with van der Waals surface area (Å²) in [7, 11) is 0. The maximum atomic E-state index is 12.0. The first kappa shape index (κ1) is 40.8. The number of hydrogen-bond donors (Lipinski definition) is 4. The van der Waals surface area contributed by atoms with Gasteiger partial charge >= 0.3 is 5.97 Å². The lowest BCUT2D eigenvalue weighted by molar-refractivity contribution is -0.126. The van der Waals surface area contributed by atoms with Crippen LogP contribution in [0.5, 0.6) is 5.75 Å². The van der Waals surface area contributed by atoms with Crippen LogP contribution in [0.3, 0.4) is 0 Å². The van der Waals surface area contributed by atoms with Gasteiger partial charge in [0, 0.05) is 39.1 Å². The summed E-state index contributed by atoms with van der Waals surface area (Å²) >= 11 is 0. The first-order chi connectivity index (χ1) is 22.4. The number of nitrogens with one attached hydrogen (secondary N) is 3. The van der Waals surface area contributed by atoms with E-state index in [0.717, 1.165) is 44.9 Å². The van der Waals surface area contributed by atoms with Crippen molar-refractivity contribution in [1.29, 1.82) is 0 Å². The fourth-order valence-corrected chi connectivity index (χ4v) is 4.13. The van der Waals surface area contributed by atoms with Crippen LogP contribution in [0.1, 0.15) is 81.5 Å². The van der Waals surface area contributed by atoms with Crippen molar-refractivity contribution in [3.05, 3.63) is 29.8 Å². The zero-order valence-electron chi connectivity index (χ0n) is 27.5. The number of benzene rings is 1. The smallest absolute Gasteiger partial charge is 0.335 e. The number of carbonyl (C=O) groups excluding carboxylic acids is 3. The van der Waals surface area contributed by atoms with Crippen LogP contribution < -0.4 is 20.7 Å². The summed E-state index contributed by atoms with van der Waals surface area (Å²) in [5.41, 5.74) is 0.247. The predicted octanol–water partition coefficient (Wildman–Crippen LogP) is 3.10. The van der Waals surface area contributed by atoms with Crippen LogP contribution in [0.15, 0.2) is 24.3 Å². The number of amides is 3. The van der Waals surface area contributed by atoms with E-state index in [9.17, 15) is 19.2 Å². The molecular weight excluding hydrogens is 598 g/mol. The molecule has 1 rings (SSSR count). The second-order valence-electron chi connectivity index (χ2n) is 10.5. The Bertz CT molecular complexity index is 946. The predicted molar refractivity (Wildman–Crippen MR) is 173 cm³/mol. The molecule has 0 aromatic heterocycles. The molecule has 46 heavy (non-hydrogen) atoms. The molecule has 0 aliphatic carbocycles. The highest BCUT2D eigenvalue weighted by Crippen LogP contribution is 2.14. The highest BCUT2D eigenvalue weighted by atomic mass is 16.5. The van der Waals surface area contributed by atoms with E-state index in [0.29, 0.717) is 90.9 Å². The van der Waals surface area contributed by atoms with Crippen molar-refractivity contribution in [3.8, 4) is 5.75 Å². The number of unbranched alkanes of at least 4 members (excludes halogenated alkanes) is 6. The Balaban J connectivity index is 1.81. The third kappa shape index (κ3) is 25.0. The maximum absolute atomic E-state index is 12.0. The summed E-state index contributed by atoms with van der Waals surface area (Å²) in [5, 5.41) is 17.3. The number of carboxylic acids is 1. The van der Waals surface area contributed by atoms with Crippen LogP contribution in [0, 0.1) is 0 Å². The number of carboxylic acid groups (broad SMARTS) is 1. The molecule has 3 amide bonds. The molecule has 13 nitrogen and oxygen atoms in total. The van der Waals surface area contributed by atoms with Gasteiger partial charge in [0.15, 0.2) is 0 Å². The van der Waals surface area contributed by atoms with Gasteiger partial charge in [0.05, 0.1) is 51.8 Å². The largest absolute Gasteiger partial charge is 0.494 e. The summed E-state index contributed by atoms with van der Waals surface area (Å²) in [4.78, 5) is 46.5. The van der Waals surface area contributed by atoms with E-state index < -0.39 is 5.97 Å². The lowest BCUT2D eigenvalue weighted by atomic mass is 10.1. The SMILES string of the molecule is CCOCCOCCNC(=O)COCCOCCNC(=O)CCCNC(=O)CCCCCCCCCOc1ccc(C(=O)O)cc1. The van der Waals surface area contributed by atoms with Gasteiger partial charge in [-0.25, -0.2) is 4.79 Å². The molecule has 1 aromatic rings. The first-order valence-electron chi connectivity index (χ1n) is 16.5. The van der Waals surface area contributed by atoms with Gasteiger partial charge in [-0.3, -0.25) is 14.4 Å².